The van der Waals surface area contributed by atoms with Crippen molar-refractivity contribution in [1.29, 1.82) is 0 Å². The van der Waals surface area contributed by atoms with Crippen molar-refractivity contribution in [3.05, 3.63) is 60.9 Å². The summed E-state index contributed by atoms with van der Waals surface area (Å²) in [6, 6.07) is 13.0. The minimum absolute atomic E-state index is 0.0864. The molecule has 1 aliphatic carbocycles. The summed E-state index contributed by atoms with van der Waals surface area (Å²) < 4.78 is 15.6. The minimum Gasteiger partial charge on any atom is -0.394 e. The van der Waals surface area contributed by atoms with Gasteiger partial charge in [-0.15, -0.1) is 0 Å². The van der Waals surface area contributed by atoms with Gasteiger partial charge in [0, 0.05) is 48.7 Å². The zero-order chi connectivity index (χ0) is 44.9. The standard InChI is InChI=1S/C45H52N14O7/c60-18-15-56-42-36(21-46-56)40(54-23-32-11-12-33(24-54)65-32)50-38(52-42)27-1-5-29(6-2-27)48-44(63)58(17-20-62)59(31-9-10-31)45(64)49-30-7-3-28(4-8-30)39-51-41(55-25-34-13-14-35(26-55)66-34)37-22-47-57(16-19-61)43(37)53-39/h1-8,21-22,31-35,60-62H,9-20,23-26H2,(H,48,63)(H,49,64). The molecule has 4 atom stereocenters. The van der Waals surface area contributed by atoms with Crippen LogP contribution in [0.3, 0.4) is 0 Å². The Balaban J connectivity index is 0.799. The first-order chi connectivity index (χ1) is 32.3. The second kappa shape index (κ2) is 17.7. The number of rotatable bonds is 13. The highest BCUT2D eigenvalue weighted by Crippen LogP contribution is 2.36. The van der Waals surface area contributed by atoms with Crippen LogP contribution in [0.1, 0.15) is 38.5 Å². The van der Waals surface area contributed by atoms with Crippen LogP contribution in [-0.4, -0.2) is 160 Å². The van der Waals surface area contributed by atoms with Crippen molar-refractivity contribution in [2.24, 2.45) is 0 Å². The number of aliphatic hydroxyl groups excluding tert-OH is 3. The van der Waals surface area contributed by atoms with E-state index >= 15 is 0 Å². The van der Waals surface area contributed by atoms with Gasteiger partial charge in [-0.25, -0.2) is 48.9 Å². The smallest absolute Gasteiger partial charge is 0.341 e. The van der Waals surface area contributed by atoms with Gasteiger partial charge in [-0.3, -0.25) is 0 Å². The fourth-order valence-corrected chi connectivity index (χ4v) is 9.68. The Hall–Kier alpha value is -6.52. The number of ether oxygens (including phenoxy) is 2. The molecule has 4 amide bonds. The van der Waals surface area contributed by atoms with Crippen LogP contribution < -0.4 is 20.4 Å². The van der Waals surface area contributed by atoms with E-state index in [0.29, 0.717) is 59.3 Å². The Bertz CT molecular complexity index is 2720. The zero-order valence-electron chi connectivity index (χ0n) is 36.3. The molecule has 4 saturated heterocycles. The monoisotopic (exact) mass is 900 g/mol. The summed E-state index contributed by atoms with van der Waals surface area (Å²) in [7, 11) is 0. The first kappa shape index (κ1) is 42.1. The van der Waals surface area contributed by atoms with Crippen molar-refractivity contribution in [3.8, 4) is 22.8 Å². The molecule has 21 nitrogen and oxygen atoms in total. The largest absolute Gasteiger partial charge is 0.394 e. The van der Waals surface area contributed by atoms with Crippen LogP contribution in [0.4, 0.5) is 32.6 Å². The molecule has 4 aliphatic heterocycles. The van der Waals surface area contributed by atoms with E-state index < -0.39 is 12.1 Å². The number of nitrogens with one attached hydrogen (secondary N) is 2. The minimum atomic E-state index is -0.582. The quantitative estimate of drug-likeness (QED) is 0.104. The highest BCUT2D eigenvalue weighted by atomic mass is 16.5. The number of aromatic nitrogens is 8. The molecule has 4 bridgehead atoms. The Morgan fingerprint density at radius 2 is 1.03 bits per heavy atom. The number of aliphatic hydroxyl groups is 3. The van der Waals surface area contributed by atoms with E-state index in [9.17, 15) is 24.9 Å². The number of carbonyl (C=O) groups excluding carboxylic acids is 2. The summed E-state index contributed by atoms with van der Waals surface area (Å²) >= 11 is 0. The van der Waals surface area contributed by atoms with Gasteiger partial charge in [-0.2, -0.15) is 10.2 Å². The van der Waals surface area contributed by atoms with Crippen LogP contribution in [-0.2, 0) is 22.6 Å². The third-order valence-corrected chi connectivity index (χ3v) is 13.0. The number of anilines is 4. The molecule has 5 N–H and O–H groups in total. The summed E-state index contributed by atoms with van der Waals surface area (Å²) in [6.07, 6.45) is 9.56. The van der Waals surface area contributed by atoms with Gasteiger partial charge in [0.05, 0.1) is 93.1 Å². The average Bonchev–Trinajstić information content (AvgIpc) is 3.60. The van der Waals surface area contributed by atoms with Gasteiger partial charge in [0.2, 0.25) is 0 Å². The first-order valence-corrected chi connectivity index (χ1v) is 22.8. The number of fused-ring (bicyclic) bond motifs is 6. The van der Waals surface area contributed by atoms with Gasteiger partial charge < -0.3 is 45.2 Å². The van der Waals surface area contributed by atoms with E-state index in [1.165, 1.54) is 10.0 Å². The van der Waals surface area contributed by atoms with Gasteiger partial charge in [0.25, 0.3) is 0 Å². The maximum absolute atomic E-state index is 14.0. The van der Waals surface area contributed by atoms with Crippen molar-refractivity contribution in [2.45, 2.75) is 82.1 Å². The van der Waals surface area contributed by atoms with Crippen LogP contribution in [0.15, 0.2) is 60.9 Å². The lowest BCUT2D eigenvalue weighted by Crippen LogP contribution is -2.54. The number of nitrogens with zero attached hydrogens (tertiary/aromatic N) is 12. The average molecular weight is 901 g/mol. The highest BCUT2D eigenvalue weighted by molar-refractivity contribution is 5.95. The summed E-state index contributed by atoms with van der Waals surface area (Å²) in [6.45, 7) is 2.80. The molecule has 8 heterocycles. The normalized spacial score (nSPS) is 21.2. The predicted molar refractivity (Wildman–Crippen MR) is 243 cm³/mol. The van der Waals surface area contributed by atoms with Crippen molar-refractivity contribution in [2.75, 3.05) is 73.0 Å². The van der Waals surface area contributed by atoms with Crippen molar-refractivity contribution in [3.63, 3.8) is 0 Å². The molecular weight excluding hydrogens is 849 g/mol. The molecule has 0 spiro atoms. The Morgan fingerprint density at radius 3 is 1.44 bits per heavy atom. The summed E-state index contributed by atoms with van der Waals surface area (Å²) in [4.78, 5) is 52.3. The number of hydrazine groups is 1. The molecule has 5 aliphatic rings. The number of benzene rings is 2. The molecule has 66 heavy (non-hydrogen) atoms. The van der Waals surface area contributed by atoms with E-state index in [4.69, 9.17) is 29.4 Å². The third kappa shape index (κ3) is 8.21. The first-order valence-electron chi connectivity index (χ1n) is 22.8. The van der Waals surface area contributed by atoms with Crippen LogP contribution >= 0.6 is 0 Å². The maximum Gasteiger partial charge on any atom is 0.341 e. The second-order valence-corrected chi connectivity index (χ2v) is 17.6. The van der Waals surface area contributed by atoms with Crippen molar-refractivity contribution < 1.29 is 34.4 Å². The van der Waals surface area contributed by atoms with E-state index in [2.05, 4.69) is 30.6 Å². The van der Waals surface area contributed by atoms with Gasteiger partial charge in [0.1, 0.15) is 11.6 Å². The molecule has 5 fully saturated rings. The van der Waals surface area contributed by atoms with Crippen LogP contribution in [0, 0.1) is 0 Å². The summed E-state index contributed by atoms with van der Waals surface area (Å²) in [5.74, 6) is 2.50. The zero-order valence-corrected chi connectivity index (χ0v) is 36.3. The topological polar surface area (TPSA) is 238 Å². The maximum atomic E-state index is 14.0. The lowest BCUT2D eigenvalue weighted by atomic mass is 10.2. The molecule has 6 aromatic rings. The number of amides is 4. The highest BCUT2D eigenvalue weighted by Gasteiger charge is 2.40. The third-order valence-electron chi connectivity index (χ3n) is 13.0. The molecule has 4 aromatic heterocycles. The molecular formula is C45H52N14O7. The van der Waals surface area contributed by atoms with E-state index in [1.54, 1.807) is 46.0 Å². The van der Waals surface area contributed by atoms with E-state index in [-0.39, 0.29) is 63.4 Å². The predicted octanol–water partition coefficient (Wildman–Crippen LogP) is 3.46. The summed E-state index contributed by atoms with van der Waals surface area (Å²) in [5, 5.41) is 48.7. The lowest BCUT2D eigenvalue weighted by molar-refractivity contribution is 0.0301. The van der Waals surface area contributed by atoms with Gasteiger partial charge in [0.15, 0.2) is 22.9 Å². The Labute approximate surface area is 378 Å². The Kier molecular flexibility index (Phi) is 11.3. The molecule has 21 heteroatoms. The molecule has 0 radical (unpaired) electrons. The van der Waals surface area contributed by atoms with Crippen molar-refractivity contribution >= 4 is 57.1 Å². The lowest BCUT2D eigenvalue weighted by Gasteiger charge is -2.34. The molecule has 11 rings (SSSR count). The van der Waals surface area contributed by atoms with Crippen molar-refractivity contribution in [1.82, 2.24) is 49.5 Å². The van der Waals surface area contributed by atoms with E-state index in [0.717, 1.165) is 79.8 Å². The number of urea groups is 2. The van der Waals surface area contributed by atoms with Gasteiger partial charge in [-0.1, -0.05) is 0 Å². The summed E-state index contributed by atoms with van der Waals surface area (Å²) in [5.41, 5.74) is 3.64. The molecule has 4 unspecified atom stereocenters. The van der Waals surface area contributed by atoms with Gasteiger partial charge >= 0.3 is 12.1 Å². The number of hydrogen-bond donors (Lipinski definition) is 5. The number of carbonyl (C=O) groups is 2. The van der Waals surface area contributed by atoms with Crippen LogP contribution in [0.25, 0.3) is 44.8 Å². The Morgan fingerprint density at radius 1 is 0.591 bits per heavy atom. The van der Waals surface area contributed by atoms with E-state index in [1.807, 2.05) is 24.3 Å². The molecule has 2 aromatic carbocycles. The van der Waals surface area contributed by atoms with Crippen LogP contribution in [0.5, 0.6) is 0 Å². The molecule has 1 saturated carbocycles. The number of morpholine rings is 2. The second-order valence-electron chi connectivity index (χ2n) is 17.6. The SMILES string of the molecule is O=C(Nc1ccc(-c2nc(N3CC4CCC(C3)O4)c3cnn(CCO)c3n2)cc1)N(CCO)N(C(=O)Nc1ccc(-c2nc(N3CC4CCC(C3)O4)c3cnn(CCO)c3n2)cc1)C1CC1. The fraction of sp³-hybridized carbons (Fsp3) is 0.467. The van der Waals surface area contributed by atoms with Gasteiger partial charge in [-0.05, 0) is 87.1 Å². The number of hydrogen-bond acceptors (Lipinski definition) is 15. The fourth-order valence-electron chi connectivity index (χ4n) is 9.68. The van der Waals surface area contributed by atoms with Crippen LogP contribution in [0.2, 0.25) is 0 Å². The molecule has 344 valence electrons.